The molecule has 108 valence electrons. The van der Waals surface area contributed by atoms with Crippen molar-refractivity contribution in [3.8, 4) is 0 Å². The number of carboxylic acids is 1. The number of carbonyl (C=O) groups excluding carboxylic acids is 1. The van der Waals surface area contributed by atoms with Crippen molar-refractivity contribution in [2.45, 2.75) is 12.3 Å². The van der Waals surface area contributed by atoms with E-state index in [1.165, 1.54) is 0 Å². The van der Waals surface area contributed by atoms with Crippen LogP contribution < -0.4 is 5.32 Å². The zero-order chi connectivity index (χ0) is 15.2. The van der Waals surface area contributed by atoms with Gasteiger partial charge in [-0.25, -0.2) is 0 Å². The van der Waals surface area contributed by atoms with Crippen LogP contribution in [0.5, 0.6) is 0 Å². The summed E-state index contributed by atoms with van der Waals surface area (Å²) in [5.41, 5.74) is 1.07. The third kappa shape index (κ3) is 4.07. The summed E-state index contributed by atoms with van der Waals surface area (Å²) in [4.78, 5) is 23.4. The van der Waals surface area contributed by atoms with Gasteiger partial charge in [0, 0.05) is 6.42 Å². The van der Waals surface area contributed by atoms with Crippen molar-refractivity contribution in [2.24, 2.45) is 0 Å². The Morgan fingerprint density at radius 2 is 1.67 bits per heavy atom. The van der Waals surface area contributed by atoms with E-state index in [9.17, 15) is 14.7 Å². The zero-order valence-corrected chi connectivity index (χ0v) is 11.9. The topological polar surface area (TPSA) is 66.4 Å². The van der Waals surface area contributed by atoms with Gasteiger partial charge < -0.3 is 10.4 Å². The van der Waals surface area contributed by atoms with E-state index >= 15 is 0 Å². The van der Waals surface area contributed by atoms with E-state index in [4.69, 9.17) is 11.6 Å². The highest BCUT2D eigenvalue weighted by molar-refractivity contribution is 6.33. The van der Waals surface area contributed by atoms with Crippen molar-refractivity contribution in [3.05, 3.63) is 65.2 Å². The SMILES string of the molecule is O=C(C[C@H](C(=O)O)c1ccccc1)Nc1ccccc1Cl. The average Bonchev–Trinajstić information content (AvgIpc) is 2.48. The number of nitrogens with one attached hydrogen (secondary N) is 1. The Hall–Kier alpha value is -2.33. The number of carboxylic acid groups (broad SMARTS) is 1. The van der Waals surface area contributed by atoms with Crippen LogP contribution in [0.3, 0.4) is 0 Å². The van der Waals surface area contributed by atoms with Crippen LogP contribution in [0.25, 0.3) is 0 Å². The molecule has 21 heavy (non-hydrogen) atoms. The first-order valence-electron chi connectivity index (χ1n) is 6.40. The van der Waals surface area contributed by atoms with Crippen LogP contribution in [0, 0.1) is 0 Å². The van der Waals surface area contributed by atoms with E-state index in [0.717, 1.165) is 0 Å². The normalized spacial score (nSPS) is 11.7. The standard InChI is InChI=1S/C16H14ClNO3/c17-13-8-4-5-9-14(13)18-15(19)10-12(16(20)21)11-6-2-1-3-7-11/h1-9,12H,10H2,(H,18,19)(H,20,21)/t12-/m0/s1. The van der Waals surface area contributed by atoms with Crippen molar-refractivity contribution in [1.82, 2.24) is 0 Å². The highest BCUT2D eigenvalue weighted by Crippen LogP contribution is 2.23. The Balaban J connectivity index is 2.10. The van der Waals surface area contributed by atoms with Gasteiger partial charge in [-0.2, -0.15) is 0 Å². The van der Waals surface area contributed by atoms with Crippen molar-refractivity contribution in [3.63, 3.8) is 0 Å². The van der Waals surface area contributed by atoms with Gasteiger partial charge in [0.1, 0.15) is 0 Å². The van der Waals surface area contributed by atoms with Gasteiger partial charge in [0.05, 0.1) is 16.6 Å². The number of aliphatic carboxylic acids is 1. The first-order chi connectivity index (χ1) is 10.1. The highest BCUT2D eigenvalue weighted by atomic mass is 35.5. The molecule has 2 rings (SSSR count). The summed E-state index contributed by atoms with van der Waals surface area (Å²) in [5, 5.41) is 12.3. The number of halogens is 1. The molecule has 2 N–H and O–H groups in total. The number of benzene rings is 2. The summed E-state index contributed by atoms with van der Waals surface area (Å²) < 4.78 is 0. The van der Waals surface area contributed by atoms with E-state index in [2.05, 4.69) is 5.32 Å². The number of para-hydroxylation sites is 1. The Bertz CT molecular complexity index is 643. The van der Waals surface area contributed by atoms with Gasteiger partial charge in [-0.05, 0) is 17.7 Å². The van der Waals surface area contributed by atoms with Gasteiger partial charge in [-0.15, -0.1) is 0 Å². The maximum atomic E-state index is 12.0. The Kier molecular flexibility index (Phi) is 4.95. The maximum Gasteiger partial charge on any atom is 0.311 e. The minimum absolute atomic E-state index is 0.148. The first kappa shape index (κ1) is 15.1. The molecular weight excluding hydrogens is 290 g/mol. The van der Waals surface area contributed by atoms with Crippen LogP contribution in [-0.2, 0) is 9.59 Å². The summed E-state index contributed by atoms with van der Waals surface area (Å²) in [6.45, 7) is 0. The van der Waals surface area contributed by atoms with Crippen molar-refractivity contribution < 1.29 is 14.7 Å². The molecule has 0 aromatic heterocycles. The van der Waals surface area contributed by atoms with Gasteiger partial charge in [-0.1, -0.05) is 54.1 Å². The summed E-state index contributed by atoms with van der Waals surface area (Å²) in [6, 6.07) is 15.5. The first-order valence-corrected chi connectivity index (χ1v) is 6.78. The molecule has 0 aliphatic rings. The lowest BCUT2D eigenvalue weighted by molar-refractivity contribution is -0.140. The number of amides is 1. The zero-order valence-electron chi connectivity index (χ0n) is 11.1. The van der Waals surface area contributed by atoms with E-state index in [1.54, 1.807) is 54.6 Å². The molecule has 0 saturated carbocycles. The van der Waals surface area contributed by atoms with Crippen molar-refractivity contribution >= 4 is 29.2 Å². The van der Waals surface area contributed by atoms with Crippen LogP contribution >= 0.6 is 11.6 Å². The molecule has 0 saturated heterocycles. The van der Waals surface area contributed by atoms with Crippen LogP contribution in [-0.4, -0.2) is 17.0 Å². The molecule has 1 atom stereocenters. The largest absolute Gasteiger partial charge is 0.481 e. The Morgan fingerprint density at radius 1 is 1.05 bits per heavy atom. The lowest BCUT2D eigenvalue weighted by atomic mass is 9.95. The predicted octanol–water partition coefficient (Wildman–Crippen LogP) is 3.54. The van der Waals surface area contributed by atoms with Gasteiger partial charge in [0.15, 0.2) is 0 Å². The molecular formula is C16H14ClNO3. The summed E-state index contributed by atoms with van der Waals surface area (Å²) in [5.74, 6) is -2.30. The van der Waals surface area contributed by atoms with E-state index in [0.29, 0.717) is 16.3 Å². The van der Waals surface area contributed by atoms with E-state index in [-0.39, 0.29) is 12.3 Å². The fourth-order valence-corrected chi connectivity index (χ4v) is 2.17. The number of anilines is 1. The van der Waals surface area contributed by atoms with Gasteiger partial charge >= 0.3 is 5.97 Å². The molecule has 4 nitrogen and oxygen atoms in total. The lowest BCUT2D eigenvalue weighted by Crippen LogP contribution is -2.21. The third-order valence-corrected chi connectivity index (χ3v) is 3.37. The molecule has 0 fully saturated rings. The Labute approximate surface area is 127 Å². The van der Waals surface area contributed by atoms with Gasteiger partial charge in [0.2, 0.25) is 5.91 Å². The summed E-state index contributed by atoms with van der Waals surface area (Å²) in [7, 11) is 0. The van der Waals surface area contributed by atoms with Crippen LogP contribution in [0.15, 0.2) is 54.6 Å². The predicted molar refractivity (Wildman–Crippen MR) is 81.5 cm³/mol. The maximum absolute atomic E-state index is 12.0. The average molecular weight is 304 g/mol. The quantitative estimate of drug-likeness (QED) is 0.888. The molecule has 0 heterocycles. The second kappa shape index (κ2) is 6.90. The van der Waals surface area contributed by atoms with E-state index in [1.807, 2.05) is 0 Å². The summed E-state index contributed by atoms with van der Waals surface area (Å²) in [6.07, 6.45) is -0.148. The number of rotatable bonds is 5. The molecule has 5 heteroatoms. The summed E-state index contributed by atoms with van der Waals surface area (Å²) >= 11 is 5.95. The van der Waals surface area contributed by atoms with Crippen molar-refractivity contribution in [2.75, 3.05) is 5.32 Å². The second-order valence-electron chi connectivity index (χ2n) is 4.53. The second-order valence-corrected chi connectivity index (χ2v) is 4.94. The van der Waals surface area contributed by atoms with Crippen molar-refractivity contribution in [1.29, 1.82) is 0 Å². The number of carbonyl (C=O) groups is 2. The van der Waals surface area contributed by atoms with Gasteiger partial charge in [0.25, 0.3) is 0 Å². The van der Waals surface area contributed by atoms with Gasteiger partial charge in [-0.3, -0.25) is 9.59 Å². The highest BCUT2D eigenvalue weighted by Gasteiger charge is 2.23. The molecule has 2 aromatic carbocycles. The fourth-order valence-electron chi connectivity index (χ4n) is 1.98. The third-order valence-electron chi connectivity index (χ3n) is 3.04. The minimum atomic E-state index is -1.03. The van der Waals surface area contributed by atoms with Crippen LogP contribution in [0.2, 0.25) is 5.02 Å². The molecule has 0 aliphatic heterocycles. The fraction of sp³-hybridized carbons (Fsp3) is 0.125. The minimum Gasteiger partial charge on any atom is -0.481 e. The van der Waals surface area contributed by atoms with Crippen LogP contribution in [0.1, 0.15) is 17.9 Å². The van der Waals surface area contributed by atoms with E-state index < -0.39 is 11.9 Å². The molecule has 0 unspecified atom stereocenters. The monoisotopic (exact) mass is 303 g/mol. The Morgan fingerprint density at radius 3 is 2.29 bits per heavy atom. The molecule has 0 radical (unpaired) electrons. The molecule has 0 aliphatic carbocycles. The molecule has 0 bridgehead atoms. The molecule has 1 amide bonds. The molecule has 0 spiro atoms. The lowest BCUT2D eigenvalue weighted by Gasteiger charge is -2.13. The van der Waals surface area contributed by atoms with Crippen LogP contribution in [0.4, 0.5) is 5.69 Å². The smallest absolute Gasteiger partial charge is 0.311 e. The number of hydrogen-bond acceptors (Lipinski definition) is 2. The molecule has 2 aromatic rings. The number of hydrogen-bond donors (Lipinski definition) is 2.